The highest BCUT2D eigenvalue weighted by atomic mass is 16.5. The van der Waals surface area contributed by atoms with Crippen LogP contribution in [-0.4, -0.2) is 70.4 Å². The van der Waals surface area contributed by atoms with Crippen LogP contribution in [0.15, 0.2) is 169 Å². The molecule has 0 aliphatic carbocycles. The standard InChI is InChI=1S/C66H64N10O7/c1-3-54-57-34-52(22-23-60(57)73-62-58(54)42-76-61(62)35-56-55(4-2)65(79)82-43-59(56)63(76)77)83-64(78)46-16-15-21-47(33-46)72-66(80)71-28-13-14-29-81-53-31-44(36-74(38-48-17-5-9-24-67-48)39-49-18-6-10-25-68-49)30-45(32-53)37-75(40-50-19-7-11-26-69-50)41-51-20-8-12-27-70-51/h5-12,15-27,30-35,55H,3-4,13-14,28-29,36-43H2,1-2H3,(H2,71,72,80)/t55-/m0/s1. The van der Waals surface area contributed by atoms with Crippen molar-refractivity contribution in [2.45, 2.75) is 97.9 Å². The van der Waals surface area contributed by atoms with Gasteiger partial charge in [-0.15, -0.1) is 0 Å². The number of pyridine rings is 6. The van der Waals surface area contributed by atoms with Crippen LogP contribution >= 0.6 is 0 Å². The maximum Gasteiger partial charge on any atom is 0.343 e. The van der Waals surface area contributed by atoms with Crippen molar-refractivity contribution < 1.29 is 28.6 Å². The molecule has 83 heavy (non-hydrogen) atoms. The molecule has 0 unspecified atom stereocenters. The van der Waals surface area contributed by atoms with Gasteiger partial charge < -0.3 is 29.4 Å². The number of carbonyl (C=O) groups is 3. The minimum atomic E-state index is -0.595. The highest BCUT2D eigenvalue weighted by Crippen LogP contribution is 2.40. The van der Waals surface area contributed by atoms with Crippen LogP contribution in [-0.2, 0) is 68.4 Å². The Hall–Kier alpha value is -9.45. The van der Waals surface area contributed by atoms with E-state index in [2.05, 4.69) is 58.6 Å². The molecule has 3 aromatic carbocycles. The first-order valence-corrected chi connectivity index (χ1v) is 28.2. The molecule has 420 valence electrons. The molecule has 1 atom stereocenters. The maximum absolute atomic E-state index is 13.8. The number of esters is 2. The molecule has 0 fully saturated rings. The number of rotatable bonds is 23. The number of cyclic esters (lactones) is 1. The lowest BCUT2D eigenvalue weighted by atomic mass is 9.90. The Morgan fingerprint density at radius 2 is 1.29 bits per heavy atom. The summed E-state index contributed by atoms with van der Waals surface area (Å²) in [7, 11) is 0. The van der Waals surface area contributed by atoms with Crippen LogP contribution in [0.3, 0.4) is 0 Å². The summed E-state index contributed by atoms with van der Waals surface area (Å²) in [6.45, 7) is 8.84. The number of urea groups is 1. The SMILES string of the molecule is CCc1c2c(nc3ccc(OC(=O)c4cccc(NC(=O)NCCCCOc5cc(CN(Cc6ccccn6)Cc6ccccn6)cc(CN(Cc6ccccn6)Cc6ccccn6)c5)c4)cc13)-c1cc3c(c(=O)n1C2)COC(=O)[C@H]3CC. The number of amides is 2. The molecule has 0 spiro atoms. The number of hydrogen-bond donors (Lipinski definition) is 2. The van der Waals surface area contributed by atoms with Crippen molar-refractivity contribution in [3.05, 3.63) is 236 Å². The summed E-state index contributed by atoms with van der Waals surface area (Å²) in [5.74, 6) is -0.326. The van der Waals surface area contributed by atoms with E-state index in [9.17, 15) is 19.2 Å². The molecule has 2 aliphatic heterocycles. The fourth-order valence-corrected chi connectivity index (χ4v) is 11.0. The topological polar surface area (TPSA) is 196 Å². The van der Waals surface area contributed by atoms with Gasteiger partial charge in [0, 0.05) is 87.2 Å². The summed E-state index contributed by atoms with van der Waals surface area (Å²) >= 11 is 0. The highest BCUT2D eigenvalue weighted by Gasteiger charge is 2.35. The van der Waals surface area contributed by atoms with Gasteiger partial charge in [0.2, 0.25) is 0 Å². The van der Waals surface area contributed by atoms with Crippen LogP contribution in [0.5, 0.6) is 11.5 Å². The number of benzene rings is 3. The lowest BCUT2D eigenvalue weighted by molar-refractivity contribution is -0.148. The lowest BCUT2D eigenvalue weighted by Crippen LogP contribution is -2.32. The van der Waals surface area contributed by atoms with Crippen molar-refractivity contribution in [2.24, 2.45) is 0 Å². The minimum absolute atomic E-state index is 0.0397. The van der Waals surface area contributed by atoms with Crippen molar-refractivity contribution in [2.75, 3.05) is 18.5 Å². The Morgan fingerprint density at radius 1 is 0.663 bits per heavy atom. The quantitative estimate of drug-likeness (QED) is 0.0349. The van der Waals surface area contributed by atoms with Gasteiger partial charge >= 0.3 is 18.0 Å². The van der Waals surface area contributed by atoms with Crippen LogP contribution in [0, 0.1) is 0 Å². The number of ether oxygens (including phenoxy) is 3. The third-order valence-electron chi connectivity index (χ3n) is 14.9. The van der Waals surface area contributed by atoms with Gasteiger partial charge in [-0.2, -0.15) is 0 Å². The number of anilines is 1. The van der Waals surface area contributed by atoms with Gasteiger partial charge in [-0.3, -0.25) is 39.3 Å². The van der Waals surface area contributed by atoms with Gasteiger partial charge in [-0.1, -0.05) is 50.2 Å². The van der Waals surface area contributed by atoms with Crippen molar-refractivity contribution in [1.82, 2.24) is 44.6 Å². The molecule has 0 bridgehead atoms. The first-order valence-electron chi connectivity index (χ1n) is 28.2. The van der Waals surface area contributed by atoms with E-state index in [0.717, 1.165) is 56.2 Å². The molecule has 2 aliphatic rings. The van der Waals surface area contributed by atoms with E-state index in [1.54, 1.807) is 41.0 Å². The number of unbranched alkanes of at least 4 members (excludes halogenated alkanes) is 1. The van der Waals surface area contributed by atoms with E-state index in [1.807, 2.05) is 124 Å². The molecule has 2 amide bonds. The number of fused-ring (bicyclic) bond motifs is 5. The number of aromatic nitrogens is 6. The molecular formula is C66H64N10O7. The largest absolute Gasteiger partial charge is 0.494 e. The third kappa shape index (κ3) is 13.5. The average molecular weight is 1110 g/mol. The Bertz CT molecular complexity index is 3640. The Balaban J connectivity index is 0.715. The summed E-state index contributed by atoms with van der Waals surface area (Å²) in [6, 6.07) is 43.8. The summed E-state index contributed by atoms with van der Waals surface area (Å²) in [5, 5.41) is 6.60. The Labute approximate surface area is 481 Å². The second-order valence-electron chi connectivity index (χ2n) is 20.8. The summed E-state index contributed by atoms with van der Waals surface area (Å²) in [5.41, 5.74) is 11.8. The fourth-order valence-electron chi connectivity index (χ4n) is 11.0. The van der Waals surface area contributed by atoms with Crippen LogP contribution in [0.1, 0.15) is 106 Å². The number of carbonyl (C=O) groups excluding carboxylic acids is 3. The second-order valence-corrected chi connectivity index (χ2v) is 20.8. The summed E-state index contributed by atoms with van der Waals surface area (Å²) in [6.07, 6.45) is 9.79. The van der Waals surface area contributed by atoms with Crippen molar-refractivity contribution >= 4 is 34.6 Å². The third-order valence-corrected chi connectivity index (χ3v) is 14.9. The van der Waals surface area contributed by atoms with Crippen LogP contribution in [0.25, 0.3) is 22.3 Å². The predicted octanol–water partition coefficient (Wildman–Crippen LogP) is 10.7. The van der Waals surface area contributed by atoms with Gasteiger partial charge in [-0.05, 0) is 151 Å². The molecule has 11 rings (SSSR count). The van der Waals surface area contributed by atoms with Crippen molar-refractivity contribution in [1.29, 1.82) is 0 Å². The monoisotopic (exact) mass is 1110 g/mol. The smallest absolute Gasteiger partial charge is 0.343 e. The zero-order chi connectivity index (χ0) is 57.1. The van der Waals surface area contributed by atoms with E-state index >= 15 is 0 Å². The molecule has 2 N–H and O–H groups in total. The molecule has 0 saturated carbocycles. The second kappa shape index (κ2) is 26.0. The van der Waals surface area contributed by atoms with E-state index in [-0.39, 0.29) is 23.7 Å². The Morgan fingerprint density at radius 3 is 1.87 bits per heavy atom. The molecule has 17 nitrogen and oxygen atoms in total. The normalized spacial score (nSPS) is 13.3. The molecule has 0 radical (unpaired) electrons. The Kier molecular flexibility index (Phi) is 17.4. The number of nitrogens with one attached hydrogen (secondary N) is 2. The first kappa shape index (κ1) is 55.5. The summed E-state index contributed by atoms with van der Waals surface area (Å²) in [4.78, 5) is 81.5. The average Bonchev–Trinajstić information content (AvgIpc) is 3.62. The van der Waals surface area contributed by atoms with E-state index in [0.29, 0.717) is 124 Å². The van der Waals surface area contributed by atoms with Gasteiger partial charge in [0.05, 0.1) is 69.9 Å². The number of aryl methyl sites for hydroxylation is 1. The minimum Gasteiger partial charge on any atom is -0.494 e. The van der Waals surface area contributed by atoms with E-state index < -0.39 is 17.9 Å². The first-order chi connectivity index (χ1) is 40.6. The molecule has 17 heteroatoms. The van der Waals surface area contributed by atoms with Gasteiger partial charge in [0.25, 0.3) is 5.56 Å². The highest BCUT2D eigenvalue weighted by molar-refractivity contribution is 5.96. The number of nitrogens with zero attached hydrogens (tertiary/aromatic N) is 8. The van der Waals surface area contributed by atoms with Crippen LogP contribution in [0.2, 0.25) is 0 Å². The molecule has 0 saturated heterocycles. The maximum atomic E-state index is 13.8. The van der Waals surface area contributed by atoms with Gasteiger partial charge in [-0.25, -0.2) is 14.6 Å². The summed E-state index contributed by atoms with van der Waals surface area (Å²) < 4.78 is 19.5. The molecule has 6 aromatic heterocycles. The lowest BCUT2D eigenvalue weighted by Gasteiger charge is -2.25. The van der Waals surface area contributed by atoms with Crippen LogP contribution < -0.4 is 25.7 Å². The van der Waals surface area contributed by atoms with Crippen LogP contribution in [0.4, 0.5) is 10.5 Å². The van der Waals surface area contributed by atoms with Crippen molar-refractivity contribution in [3.63, 3.8) is 0 Å². The molecule has 9 aromatic rings. The molecular weight excluding hydrogens is 1040 g/mol. The van der Waals surface area contributed by atoms with Crippen molar-refractivity contribution in [3.8, 4) is 22.9 Å². The van der Waals surface area contributed by atoms with Gasteiger partial charge in [0.15, 0.2) is 0 Å². The van der Waals surface area contributed by atoms with Gasteiger partial charge in [0.1, 0.15) is 18.1 Å². The predicted molar refractivity (Wildman–Crippen MR) is 315 cm³/mol. The number of hydrogen-bond acceptors (Lipinski definition) is 14. The van der Waals surface area contributed by atoms with E-state index in [1.165, 1.54) is 0 Å². The molecule has 8 heterocycles. The fraction of sp³-hybridized carbons (Fsp3) is 0.258. The zero-order valence-electron chi connectivity index (χ0n) is 46.5. The zero-order valence-corrected chi connectivity index (χ0v) is 46.5. The van der Waals surface area contributed by atoms with E-state index in [4.69, 9.17) is 19.2 Å².